The Hall–Kier alpha value is -6.25. The van der Waals surface area contributed by atoms with Crippen LogP contribution in [0.1, 0.15) is 24.2 Å². The fraction of sp³-hybridized carbons (Fsp3) is 0.256. The topological polar surface area (TPSA) is 191 Å². The molecule has 3 aromatic heterocycles. The molecule has 2 aliphatic rings. The number of nitrogens with one attached hydrogen (secondary N) is 2. The molecule has 14 nitrogen and oxygen atoms in total. The molecular weight excluding hydrogens is 678 g/mol. The molecule has 2 aliphatic heterocycles. The molecule has 53 heavy (non-hydrogen) atoms. The minimum atomic E-state index is -0.813. The van der Waals surface area contributed by atoms with E-state index in [1.54, 1.807) is 104 Å². The molecule has 0 radical (unpaired) electrons. The summed E-state index contributed by atoms with van der Waals surface area (Å²) < 4.78 is 6.02. The van der Waals surface area contributed by atoms with Crippen LogP contribution in [0.3, 0.4) is 0 Å². The molecule has 4 N–H and O–H groups in total. The van der Waals surface area contributed by atoms with Gasteiger partial charge < -0.3 is 35.1 Å². The second kappa shape index (κ2) is 15.6. The highest BCUT2D eigenvalue weighted by Crippen LogP contribution is 2.29. The molecule has 0 bridgehead atoms. The van der Waals surface area contributed by atoms with Crippen LogP contribution in [0.15, 0.2) is 108 Å². The number of pyridine rings is 2. The molecule has 7 rings (SSSR count). The Kier molecular flexibility index (Phi) is 10.3. The van der Waals surface area contributed by atoms with E-state index in [1.807, 2.05) is 0 Å². The van der Waals surface area contributed by atoms with Crippen LogP contribution in [0.2, 0.25) is 0 Å². The molecule has 2 aromatic carbocycles. The van der Waals surface area contributed by atoms with Gasteiger partial charge in [-0.25, -0.2) is 4.98 Å². The summed E-state index contributed by atoms with van der Waals surface area (Å²) in [5.74, 6) is -0.492. The van der Waals surface area contributed by atoms with Crippen LogP contribution in [-0.4, -0.2) is 96.0 Å². The number of hydrogen-bond donors (Lipinski definition) is 4. The smallest absolute Gasteiger partial charge is 0.247 e. The average molecular weight is 716 g/mol. The maximum absolute atomic E-state index is 13.2. The first kappa shape index (κ1) is 35.2. The van der Waals surface area contributed by atoms with Crippen molar-refractivity contribution in [1.29, 1.82) is 0 Å². The van der Waals surface area contributed by atoms with Gasteiger partial charge in [-0.15, -0.1) is 0 Å². The first-order chi connectivity index (χ1) is 25.7. The summed E-state index contributed by atoms with van der Waals surface area (Å²) in [5.41, 5.74) is 3.59. The lowest BCUT2D eigenvalue weighted by Crippen LogP contribution is -2.44. The first-order valence-electron chi connectivity index (χ1n) is 17.2. The zero-order valence-electron chi connectivity index (χ0n) is 28.5. The number of anilines is 2. The monoisotopic (exact) mass is 715 g/mol. The van der Waals surface area contributed by atoms with Gasteiger partial charge in [0.15, 0.2) is 5.76 Å². The van der Waals surface area contributed by atoms with E-state index >= 15 is 0 Å². The highest BCUT2D eigenvalue weighted by molar-refractivity contribution is 5.99. The number of aliphatic hydroxyl groups excluding tert-OH is 2. The minimum Gasteiger partial charge on any atom is -0.436 e. The molecule has 0 unspecified atom stereocenters. The molecule has 0 aliphatic carbocycles. The number of amides is 4. The van der Waals surface area contributed by atoms with Gasteiger partial charge in [-0.3, -0.25) is 29.1 Å². The predicted molar refractivity (Wildman–Crippen MR) is 193 cm³/mol. The van der Waals surface area contributed by atoms with Crippen LogP contribution >= 0.6 is 0 Å². The lowest BCUT2D eigenvalue weighted by atomic mass is 10.1. The van der Waals surface area contributed by atoms with Crippen molar-refractivity contribution in [3.63, 3.8) is 0 Å². The van der Waals surface area contributed by atoms with Crippen LogP contribution in [0, 0.1) is 0 Å². The van der Waals surface area contributed by atoms with E-state index in [0.29, 0.717) is 40.0 Å². The summed E-state index contributed by atoms with van der Waals surface area (Å²) in [4.78, 5) is 67.9. The Morgan fingerprint density at radius 3 is 1.57 bits per heavy atom. The van der Waals surface area contributed by atoms with E-state index in [0.717, 1.165) is 5.56 Å². The van der Waals surface area contributed by atoms with Crippen molar-refractivity contribution in [3.05, 3.63) is 115 Å². The van der Waals surface area contributed by atoms with Crippen LogP contribution in [0.4, 0.5) is 11.4 Å². The van der Waals surface area contributed by atoms with Crippen molar-refractivity contribution in [1.82, 2.24) is 24.8 Å². The first-order valence-corrected chi connectivity index (χ1v) is 17.2. The zero-order valence-corrected chi connectivity index (χ0v) is 28.5. The number of rotatable bonds is 10. The molecule has 0 saturated carbocycles. The number of benzene rings is 2. The summed E-state index contributed by atoms with van der Waals surface area (Å²) in [7, 11) is 0. The zero-order chi connectivity index (χ0) is 36.9. The van der Waals surface area contributed by atoms with E-state index in [-0.39, 0.29) is 50.6 Å². The molecule has 5 aromatic rings. The van der Waals surface area contributed by atoms with Gasteiger partial charge in [0.1, 0.15) is 12.1 Å². The van der Waals surface area contributed by atoms with Crippen molar-refractivity contribution >= 4 is 35.0 Å². The summed E-state index contributed by atoms with van der Waals surface area (Å²) in [6.45, 7) is 0.154. The standard InChI is InChI=1S/C39H37N7O7/c47-30-19-32(45(22-30)35(49)17-28-5-1-3-15-40-28)37(51)43-26-11-7-24(8-12-26)34-21-42-39(53-34)25-9-13-27(14-10-25)44-38(52)33-20-31(48)23-46(33)36(50)18-29-6-2-4-16-41-29/h1-16,21,30-33,47-48H,17-20,22-23H2,(H,43,51)(H,44,52)/t30-,31-,32+,33+/m1/s1. The normalized spacial score (nSPS) is 19.6. The molecule has 0 spiro atoms. The number of carbonyl (C=O) groups excluding carboxylic acids is 4. The molecule has 270 valence electrons. The van der Waals surface area contributed by atoms with Crippen molar-refractivity contribution in [2.75, 3.05) is 23.7 Å². The third kappa shape index (κ3) is 8.29. The summed E-state index contributed by atoms with van der Waals surface area (Å²) in [6.07, 6.45) is 3.56. The molecule has 14 heteroatoms. The van der Waals surface area contributed by atoms with Gasteiger partial charge in [0.25, 0.3) is 0 Å². The quantitative estimate of drug-likeness (QED) is 0.167. The van der Waals surface area contributed by atoms with Crippen molar-refractivity contribution in [3.8, 4) is 22.8 Å². The van der Waals surface area contributed by atoms with E-state index in [1.165, 1.54) is 9.80 Å². The molecule has 5 heterocycles. The van der Waals surface area contributed by atoms with Crippen molar-refractivity contribution in [2.45, 2.75) is 50.0 Å². The van der Waals surface area contributed by atoms with E-state index in [4.69, 9.17) is 4.42 Å². The predicted octanol–water partition coefficient (Wildman–Crippen LogP) is 3.08. The number of aromatic nitrogens is 3. The van der Waals surface area contributed by atoms with E-state index < -0.39 is 36.1 Å². The molecule has 4 atom stereocenters. The summed E-state index contributed by atoms with van der Waals surface area (Å²) in [6, 6.07) is 22.9. The summed E-state index contributed by atoms with van der Waals surface area (Å²) in [5, 5.41) is 26.2. The third-order valence-corrected chi connectivity index (χ3v) is 9.26. The Morgan fingerprint density at radius 1 is 0.642 bits per heavy atom. The number of oxazole rings is 1. The van der Waals surface area contributed by atoms with Crippen LogP contribution < -0.4 is 10.6 Å². The second-order valence-corrected chi connectivity index (χ2v) is 13.1. The van der Waals surface area contributed by atoms with Crippen LogP contribution in [0.5, 0.6) is 0 Å². The van der Waals surface area contributed by atoms with Crippen molar-refractivity contribution in [2.24, 2.45) is 0 Å². The summed E-state index contributed by atoms with van der Waals surface area (Å²) >= 11 is 0. The lowest BCUT2D eigenvalue weighted by Gasteiger charge is -2.23. The SMILES string of the molecule is O=C(Nc1ccc(-c2cnc(-c3ccc(NC(=O)[C@@H]4C[C@@H](O)CN4C(=O)Cc4ccccn4)cc3)o2)cc1)[C@@H]1C[C@@H](O)CN1C(=O)Cc1ccccn1. The van der Waals surface area contributed by atoms with Gasteiger partial charge in [-0.1, -0.05) is 12.1 Å². The molecule has 2 fully saturated rings. The number of aliphatic hydroxyl groups is 2. The van der Waals surface area contributed by atoms with Gasteiger partial charge in [0.2, 0.25) is 29.5 Å². The Bertz CT molecular complexity index is 1930. The van der Waals surface area contributed by atoms with Crippen molar-refractivity contribution < 1.29 is 33.8 Å². The lowest BCUT2D eigenvalue weighted by molar-refractivity contribution is -0.136. The largest absolute Gasteiger partial charge is 0.436 e. The fourth-order valence-electron chi connectivity index (χ4n) is 6.60. The van der Waals surface area contributed by atoms with E-state index in [2.05, 4.69) is 25.6 Å². The maximum atomic E-state index is 13.2. The van der Waals surface area contributed by atoms with Gasteiger partial charge in [0.05, 0.1) is 31.2 Å². The second-order valence-electron chi connectivity index (χ2n) is 13.1. The minimum absolute atomic E-state index is 0.0351. The number of carbonyl (C=O) groups is 4. The Morgan fingerprint density at radius 2 is 1.11 bits per heavy atom. The number of likely N-dealkylation sites (tertiary alicyclic amines) is 2. The molecule has 2 saturated heterocycles. The average Bonchev–Trinajstić information content (AvgIpc) is 3.92. The molecule has 4 amide bonds. The van der Waals surface area contributed by atoms with Crippen LogP contribution in [0.25, 0.3) is 22.8 Å². The van der Waals surface area contributed by atoms with E-state index in [9.17, 15) is 29.4 Å². The maximum Gasteiger partial charge on any atom is 0.247 e. The fourth-order valence-corrected chi connectivity index (χ4v) is 6.60. The van der Waals surface area contributed by atoms with Gasteiger partial charge in [0, 0.05) is 72.2 Å². The van der Waals surface area contributed by atoms with Gasteiger partial charge in [-0.2, -0.15) is 0 Å². The highest BCUT2D eigenvalue weighted by Gasteiger charge is 2.40. The van der Waals surface area contributed by atoms with Crippen LogP contribution in [-0.2, 0) is 32.0 Å². The molecular formula is C39H37N7O7. The number of nitrogens with zero attached hydrogens (tertiary/aromatic N) is 5. The number of β-amino-alcohol motifs (C(OH)–C–C–N with tert-alkyl or cyclic N) is 2. The Labute approximate surface area is 304 Å². The Balaban J connectivity index is 0.941. The van der Waals surface area contributed by atoms with Gasteiger partial charge in [-0.05, 0) is 72.8 Å². The third-order valence-electron chi connectivity index (χ3n) is 9.26. The highest BCUT2D eigenvalue weighted by atomic mass is 16.4. The van der Waals surface area contributed by atoms with Gasteiger partial charge >= 0.3 is 0 Å². The number of hydrogen-bond acceptors (Lipinski definition) is 10.